The molecule has 0 saturated carbocycles. The van der Waals surface area contributed by atoms with Gasteiger partial charge in [-0.05, 0) is 26.3 Å². The van der Waals surface area contributed by atoms with Gasteiger partial charge in [0, 0.05) is 25.0 Å². The lowest BCUT2D eigenvalue weighted by atomic mass is 9.91. The Balaban J connectivity index is 0.00000220. The van der Waals surface area contributed by atoms with Crippen LogP contribution < -0.4 is 5.32 Å². The summed E-state index contributed by atoms with van der Waals surface area (Å²) in [6.45, 7) is 4.61. The summed E-state index contributed by atoms with van der Waals surface area (Å²) in [7, 11) is 1.37. The van der Waals surface area contributed by atoms with Crippen molar-refractivity contribution in [3.63, 3.8) is 0 Å². The van der Waals surface area contributed by atoms with Gasteiger partial charge in [0.2, 0.25) is 5.91 Å². The number of carbonyl (C=O) groups is 2. The number of amides is 1. The summed E-state index contributed by atoms with van der Waals surface area (Å²) in [5.41, 5.74) is 0. The first-order valence-electron chi connectivity index (χ1n) is 7.30. The molecule has 1 amide bonds. The van der Waals surface area contributed by atoms with Crippen LogP contribution in [0.25, 0.3) is 0 Å². The number of hydrogen-bond donors (Lipinski definition) is 1. The molecule has 0 aromatic rings. The van der Waals surface area contributed by atoms with E-state index in [0.29, 0.717) is 25.7 Å². The fraction of sp³-hybridized carbons (Fsp3) is 0.857. The van der Waals surface area contributed by atoms with Crippen LogP contribution >= 0.6 is 12.4 Å². The Bertz CT molecular complexity index is 367. The zero-order valence-electron chi connectivity index (χ0n) is 12.7. The molecule has 1 unspecified atom stereocenters. The summed E-state index contributed by atoms with van der Waals surface area (Å²) in [4.78, 5) is 25.7. The third-order valence-corrected chi connectivity index (χ3v) is 4.05. The van der Waals surface area contributed by atoms with Gasteiger partial charge in [0.05, 0.1) is 26.2 Å². The highest BCUT2D eigenvalue weighted by Gasteiger charge is 2.32. The maximum absolute atomic E-state index is 12.5. The Labute approximate surface area is 131 Å². The van der Waals surface area contributed by atoms with Crippen LogP contribution in [0.1, 0.15) is 26.2 Å². The van der Waals surface area contributed by atoms with Crippen LogP contribution in [0.5, 0.6) is 0 Å². The highest BCUT2D eigenvalue weighted by molar-refractivity contribution is 5.85. The summed E-state index contributed by atoms with van der Waals surface area (Å²) >= 11 is 0. The molecule has 2 aliphatic heterocycles. The van der Waals surface area contributed by atoms with Gasteiger partial charge in [-0.1, -0.05) is 0 Å². The highest BCUT2D eigenvalue weighted by atomic mass is 35.5. The van der Waals surface area contributed by atoms with Gasteiger partial charge < -0.3 is 19.7 Å². The van der Waals surface area contributed by atoms with Crippen molar-refractivity contribution in [1.29, 1.82) is 0 Å². The van der Waals surface area contributed by atoms with Gasteiger partial charge in [-0.15, -0.1) is 12.4 Å². The van der Waals surface area contributed by atoms with Gasteiger partial charge in [-0.3, -0.25) is 9.59 Å². The summed E-state index contributed by atoms with van der Waals surface area (Å²) in [5, 5.41) is 3.36. The number of rotatable bonds is 3. The number of nitrogens with one attached hydrogen (secondary N) is 1. The summed E-state index contributed by atoms with van der Waals surface area (Å²) in [6, 6.07) is 0.393. The molecule has 122 valence electrons. The Kier molecular flexibility index (Phi) is 7.42. The molecule has 7 heteroatoms. The second-order valence-corrected chi connectivity index (χ2v) is 5.63. The number of hydrogen-bond acceptors (Lipinski definition) is 5. The van der Waals surface area contributed by atoms with Gasteiger partial charge in [-0.2, -0.15) is 0 Å². The number of piperidine rings is 1. The Morgan fingerprint density at radius 2 is 2.19 bits per heavy atom. The van der Waals surface area contributed by atoms with Crippen LogP contribution in [0.3, 0.4) is 0 Å². The number of ether oxygens (including phenoxy) is 2. The van der Waals surface area contributed by atoms with E-state index in [1.54, 1.807) is 0 Å². The Morgan fingerprint density at radius 1 is 1.43 bits per heavy atom. The number of nitrogens with zero attached hydrogens (tertiary/aromatic N) is 1. The average molecular weight is 321 g/mol. The highest BCUT2D eigenvalue weighted by Crippen LogP contribution is 2.21. The number of halogens is 1. The standard InChI is InChI=1S/C14H24N2O4.ClH/c1-10-7-11(3-4-15-10)14(18)16-5-6-20-12(9-16)8-13(17)19-2;/h10-12,15H,3-9H2,1-2H3;1H/t10-,11-,12?;/m0./s1. The SMILES string of the molecule is COC(=O)CC1CN(C(=O)[C@H]2CCN[C@@H](C)C2)CCO1.Cl. The molecule has 2 heterocycles. The lowest BCUT2D eigenvalue weighted by Crippen LogP contribution is -2.50. The molecule has 0 aromatic heterocycles. The Hall–Kier alpha value is -0.850. The molecule has 0 aromatic carbocycles. The normalized spacial score (nSPS) is 29.4. The van der Waals surface area contributed by atoms with Crippen molar-refractivity contribution in [2.75, 3.05) is 33.4 Å². The topological polar surface area (TPSA) is 67.9 Å². The molecule has 6 nitrogen and oxygen atoms in total. The van der Waals surface area contributed by atoms with Crippen molar-refractivity contribution in [1.82, 2.24) is 10.2 Å². The molecule has 0 bridgehead atoms. The lowest BCUT2D eigenvalue weighted by molar-refractivity contribution is -0.152. The van der Waals surface area contributed by atoms with Gasteiger partial charge in [0.15, 0.2) is 0 Å². The zero-order valence-corrected chi connectivity index (χ0v) is 13.5. The maximum atomic E-state index is 12.5. The minimum atomic E-state index is -0.292. The molecular formula is C14H25ClN2O4. The summed E-state index contributed by atoms with van der Waals surface area (Å²) in [5.74, 6) is 0.0134. The van der Waals surface area contributed by atoms with Gasteiger partial charge in [0.1, 0.15) is 0 Å². The number of methoxy groups -OCH3 is 1. The van der Waals surface area contributed by atoms with Crippen molar-refractivity contribution >= 4 is 24.3 Å². The van der Waals surface area contributed by atoms with E-state index < -0.39 is 0 Å². The predicted molar refractivity (Wildman–Crippen MR) is 80.4 cm³/mol. The van der Waals surface area contributed by atoms with Crippen molar-refractivity contribution in [2.24, 2.45) is 5.92 Å². The van der Waals surface area contributed by atoms with Gasteiger partial charge in [-0.25, -0.2) is 0 Å². The number of morpholine rings is 1. The van der Waals surface area contributed by atoms with E-state index >= 15 is 0 Å². The van der Waals surface area contributed by atoms with E-state index in [1.807, 2.05) is 4.90 Å². The molecule has 0 radical (unpaired) electrons. The van der Waals surface area contributed by atoms with E-state index in [1.165, 1.54) is 7.11 Å². The van der Waals surface area contributed by atoms with E-state index in [9.17, 15) is 9.59 Å². The van der Waals surface area contributed by atoms with Crippen LogP contribution in [0.4, 0.5) is 0 Å². The van der Waals surface area contributed by atoms with Crippen LogP contribution in [-0.4, -0.2) is 62.3 Å². The molecular weight excluding hydrogens is 296 g/mol. The third-order valence-electron chi connectivity index (χ3n) is 4.05. The first kappa shape index (κ1) is 18.2. The van der Waals surface area contributed by atoms with Gasteiger partial charge in [0.25, 0.3) is 0 Å². The van der Waals surface area contributed by atoms with Crippen molar-refractivity contribution in [3.05, 3.63) is 0 Å². The van der Waals surface area contributed by atoms with E-state index in [-0.39, 0.29) is 42.7 Å². The van der Waals surface area contributed by atoms with Gasteiger partial charge >= 0.3 is 5.97 Å². The van der Waals surface area contributed by atoms with Crippen molar-refractivity contribution in [2.45, 2.75) is 38.3 Å². The smallest absolute Gasteiger partial charge is 0.308 e. The largest absolute Gasteiger partial charge is 0.469 e. The molecule has 21 heavy (non-hydrogen) atoms. The van der Waals surface area contributed by atoms with E-state index in [4.69, 9.17) is 4.74 Å². The predicted octanol–water partition coefficient (Wildman–Crippen LogP) is 0.587. The van der Waals surface area contributed by atoms with E-state index in [0.717, 1.165) is 19.4 Å². The van der Waals surface area contributed by atoms with Crippen molar-refractivity contribution in [3.8, 4) is 0 Å². The first-order valence-corrected chi connectivity index (χ1v) is 7.30. The quantitative estimate of drug-likeness (QED) is 0.771. The van der Waals surface area contributed by atoms with Crippen LogP contribution in [0, 0.1) is 5.92 Å². The second kappa shape index (κ2) is 8.56. The Morgan fingerprint density at radius 3 is 2.86 bits per heavy atom. The van der Waals surface area contributed by atoms with Crippen LogP contribution in [0.2, 0.25) is 0 Å². The molecule has 2 fully saturated rings. The van der Waals surface area contributed by atoms with Crippen LogP contribution in [0.15, 0.2) is 0 Å². The maximum Gasteiger partial charge on any atom is 0.308 e. The minimum absolute atomic E-state index is 0. The van der Waals surface area contributed by atoms with E-state index in [2.05, 4.69) is 17.0 Å². The molecule has 2 aliphatic rings. The fourth-order valence-corrected chi connectivity index (χ4v) is 2.93. The average Bonchev–Trinajstić information content (AvgIpc) is 2.46. The summed E-state index contributed by atoms with van der Waals surface area (Å²) < 4.78 is 10.2. The molecule has 2 saturated heterocycles. The fourth-order valence-electron chi connectivity index (χ4n) is 2.93. The number of esters is 1. The lowest BCUT2D eigenvalue weighted by Gasteiger charge is -2.36. The zero-order chi connectivity index (χ0) is 14.5. The number of carbonyl (C=O) groups excluding carboxylic acids is 2. The third kappa shape index (κ3) is 5.13. The van der Waals surface area contributed by atoms with Crippen LogP contribution in [-0.2, 0) is 19.1 Å². The summed E-state index contributed by atoms with van der Waals surface area (Å²) in [6.07, 6.45) is 1.75. The monoisotopic (exact) mass is 320 g/mol. The minimum Gasteiger partial charge on any atom is -0.469 e. The second-order valence-electron chi connectivity index (χ2n) is 5.63. The molecule has 0 spiro atoms. The molecule has 2 rings (SSSR count). The first-order chi connectivity index (χ1) is 9.60. The molecule has 3 atom stereocenters. The molecule has 1 N–H and O–H groups in total. The molecule has 0 aliphatic carbocycles. The van der Waals surface area contributed by atoms with Crippen molar-refractivity contribution < 1.29 is 19.1 Å².